The van der Waals surface area contributed by atoms with E-state index in [1.807, 2.05) is 45.0 Å². The number of aromatic nitrogens is 4. The molecule has 2 aromatic heterocycles. The Labute approximate surface area is 273 Å². The Balaban J connectivity index is 1.22. The first kappa shape index (κ1) is 31.1. The monoisotopic (exact) mass is 639 g/mol. The molecule has 3 amide bonds. The second-order valence-electron chi connectivity index (χ2n) is 14.2. The molecule has 47 heavy (non-hydrogen) atoms. The zero-order valence-corrected chi connectivity index (χ0v) is 27.3. The fourth-order valence-corrected chi connectivity index (χ4v) is 7.61. The molecule has 3 aliphatic carbocycles. The summed E-state index contributed by atoms with van der Waals surface area (Å²) in [5.74, 6) is -0.416. The van der Waals surface area contributed by atoms with Crippen LogP contribution in [0.25, 0.3) is 11.0 Å². The SMILES string of the molecule is CCNC(=O)[C@H](NC(=O)C(C)(C)c1ccc2nc([C@@H](NC(=O)c3ccnn3C)[C@@H]3c4cc(F)ccc4CC34CC4)[nH]c2c1)C1CCC1. The summed E-state index contributed by atoms with van der Waals surface area (Å²) < 4.78 is 16.2. The van der Waals surface area contributed by atoms with Gasteiger partial charge in [-0.15, -0.1) is 0 Å². The highest BCUT2D eigenvalue weighted by Gasteiger charge is 2.58. The summed E-state index contributed by atoms with van der Waals surface area (Å²) >= 11 is 0. The average Bonchev–Trinajstić information content (AvgIpc) is 3.32. The third kappa shape index (κ3) is 5.49. The summed E-state index contributed by atoms with van der Waals surface area (Å²) in [5.41, 5.74) is 3.58. The van der Waals surface area contributed by atoms with Gasteiger partial charge in [-0.1, -0.05) is 18.6 Å². The third-order valence-corrected chi connectivity index (χ3v) is 10.8. The lowest BCUT2D eigenvalue weighted by molar-refractivity contribution is -0.133. The van der Waals surface area contributed by atoms with E-state index < -0.39 is 17.5 Å². The number of likely N-dealkylation sites (N-methyl/N-ethyl adjacent to an activating group) is 1. The average molecular weight is 640 g/mol. The van der Waals surface area contributed by atoms with Crippen LogP contribution in [-0.4, -0.2) is 50.1 Å². The third-order valence-electron chi connectivity index (χ3n) is 10.8. The van der Waals surface area contributed by atoms with E-state index in [2.05, 4.69) is 26.0 Å². The molecule has 3 aliphatic rings. The van der Waals surface area contributed by atoms with Crippen molar-refractivity contribution in [1.82, 2.24) is 35.7 Å². The number of hydrogen-bond donors (Lipinski definition) is 4. The number of amides is 3. The molecule has 10 nitrogen and oxygen atoms in total. The van der Waals surface area contributed by atoms with E-state index in [9.17, 15) is 18.8 Å². The normalized spacial score (nSPS) is 19.6. The molecule has 3 atom stereocenters. The fraction of sp³-hybridized carbons (Fsp3) is 0.472. The van der Waals surface area contributed by atoms with Gasteiger partial charge in [0, 0.05) is 25.7 Å². The maximum atomic E-state index is 14.7. The Morgan fingerprint density at radius 3 is 2.55 bits per heavy atom. The first-order chi connectivity index (χ1) is 22.5. The predicted octanol–water partition coefficient (Wildman–Crippen LogP) is 4.73. The minimum absolute atomic E-state index is 0.0776. The van der Waals surface area contributed by atoms with Gasteiger partial charge >= 0.3 is 0 Å². The number of rotatable bonds is 10. The molecule has 2 saturated carbocycles. The lowest BCUT2D eigenvalue weighted by Crippen LogP contribution is -2.55. The van der Waals surface area contributed by atoms with Crippen LogP contribution in [0.5, 0.6) is 0 Å². The lowest BCUT2D eigenvalue weighted by Gasteiger charge is -2.35. The predicted molar refractivity (Wildman–Crippen MR) is 175 cm³/mol. The second-order valence-corrected chi connectivity index (χ2v) is 14.2. The van der Waals surface area contributed by atoms with Crippen molar-refractivity contribution in [3.05, 3.63) is 82.7 Å². The fourth-order valence-electron chi connectivity index (χ4n) is 7.61. The first-order valence-electron chi connectivity index (χ1n) is 16.7. The van der Waals surface area contributed by atoms with Gasteiger partial charge in [-0.25, -0.2) is 9.37 Å². The zero-order chi connectivity index (χ0) is 33.1. The van der Waals surface area contributed by atoms with Crippen molar-refractivity contribution in [1.29, 1.82) is 0 Å². The Morgan fingerprint density at radius 1 is 1.11 bits per heavy atom. The molecule has 11 heteroatoms. The number of nitrogens with zero attached hydrogens (tertiary/aromatic N) is 3. The van der Waals surface area contributed by atoms with Crippen molar-refractivity contribution in [3.8, 4) is 0 Å². The van der Waals surface area contributed by atoms with Crippen molar-refractivity contribution < 1.29 is 18.8 Å². The number of aromatic amines is 1. The molecule has 4 N–H and O–H groups in total. The number of benzene rings is 2. The number of H-pyrrole nitrogens is 1. The number of carbonyl (C=O) groups is 3. The van der Waals surface area contributed by atoms with Gasteiger partial charge in [0.15, 0.2) is 0 Å². The quantitative estimate of drug-likeness (QED) is 0.199. The van der Waals surface area contributed by atoms with Crippen LogP contribution in [0, 0.1) is 17.2 Å². The maximum Gasteiger partial charge on any atom is 0.270 e. The van der Waals surface area contributed by atoms with E-state index in [-0.39, 0.29) is 40.8 Å². The number of aryl methyl sites for hydroxylation is 1. The number of fused-ring (bicyclic) bond motifs is 2. The highest BCUT2D eigenvalue weighted by Crippen LogP contribution is 2.66. The van der Waals surface area contributed by atoms with Crippen LogP contribution in [0.4, 0.5) is 4.39 Å². The Morgan fingerprint density at radius 2 is 1.89 bits per heavy atom. The number of imidazole rings is 1. The minimum Gasteiger partial charge on any atom is -0.355 e. The van der Waals surface area contributed by atoms with Gasteiger partial charge in [0.1, 0.15) is 23.4 Å². The van der Waals surface area contributed by atoms with E-state index in [0.717, 1.165) is 60.7 Å². The molecule has 2 heterocycles. The van der Waals surface area contributed by atoms with Gasteiger partial charge in [0.05, 0.1) is 22.5 Å². The summed E-state index contributed by atoms with van der Waals surface area (Å²) in [4.78, 5) is 48.7. The van der Waals surface area contributed by atoms with Crippen LogP contribution in [0.1, 0.15) is 97.8 Å². The van der Waals surface area contributed by atoms with Crippen molar-refractivity contribution in [2.24, 2.45) is 18.4 Å². The van der Waals surface area contributed by atoms with Gasteiger partial charge in [0.25, 0.3) is 5.91 Å². The zero-order valence-electron chi connectivity index (χ0n) is 27.3. The number of nitrogens with one attached hydrogen (secondary N) is 4. The standard InChI is InChI=1S/C36H42FN7O3/c1-5-38-33(46)29(20-7-6-8-20)43-34(47)35(2,3)22-10-12-25-26(17-22)41-31(40-25)30(42-32(45)27-13-16-39-44(27)4)28-24-18-23(37)11-9-21(24)19-36(28)14-15-36/h9-13,16-18,20,28-30H,5-8,14-15,19H2,1-4H3,(H,38,46)(H,40,41)(H,42,45)(H,43,47)/t28-,29+,30-/m0/s1. The molecule has 0 aliphatic heterocycles. The summed E-state index contributed by atoms with van der Waals surface area (Å²) in [6.07, 6.45) is 7.28. The number of halogens is 1. The molecule has 2 fully saturated rings. The van der Waals surface area contributed by atoms with Crippen LogP contribution in [0.2, 0.25) is 0 Å². The van der Waals surface area contributed by atoms with E-state index >= 15 is 0 Å². The van der Waals surface area contributed by atoms with Gasteiger partial charge < -0.3 is 20.9 Å². The number of carbonyl (C=O) groups excluding carboxylic acids is 3. The molecule has 0 bridgehead atoms. The van der Waals surface area contributed by atoms with Crippen molar-refractivity contribution in [2.75, 3.05) is 6.54 Å². The van der Waals surface area contributed by atoms with E-state index in [1.54, 1.807) is 25.4 Å². The van der Waals surface area contributed by atoms with Gasteiger partial charge in [0.2, 0.25) is 11.8 Å². The Bertz CT molecular complexity index is 1870. The van der Waals surface area contributed by atoms with Crippen molar-refractivity contribution in [2.45, 2.75) is 82.7 Å². The maximum absolute atomic E-state index is 14.7. The van der Waals surface area contributed by atoms with Gasteiger partial charge in [-0.05, 0) is 111 Å². The first-order valence-corrected chi connectivity index (χ1v) is 16.7. The van der Waals surface area contributed by atoms with Gasteiger partial charge in [-0.3, -0.25) is 19.1 Å². The summed E-state index contributed by atoms with van der Waals surface area (Å²) in [6, 6.07) is 11.2. The number of hydrogen-bond acceptors (Lipinski definition) is 5. The van der Waals surface area contributed by atoms with Crippen LogP contribution in [0.15, 0.2) is 48.7 Å². The molecular weight excluding hydrogens is 597 g/mol. The highest BCUT2D eigenvalue weighted by molar-refractivity contribution is 5.94. The van der Waals surface area contributed by atoms with Crippen LogP contribution in [-0.2, 0) is 28.5 Å². The molecule has 4 aromatic rings. The molecule has 1 spiro atoms. The highest BCUT2D eigenvalue weighted by atomic mass is 19.1. The summed E-state index contributed by atoms with van der Waals surface area (Å²) in [5, 5.41) is 13.3. The summed E-state index contributed by atoms with van der Waals surface area (Å²) in [7, 11) is 1.72. The molecule has 7 rings (SSSR count). The summed E-state index contributed by atoms with van der Waals surface area (Å²) in [6.45, 7) is 6.09. The topological polar surface area (TPSA) is 134 Å². The Kier molecular flexibility index (Phi) is 7.68. The molecule has 246 valence electrons. The minimum atomic E-state index is -0.943. The van der Waals surface area contributed by atoms with Crippen LogP contribution < -0.4 is 16.0 Å². The molecule has 0 radical (unpaired) electrons. The van der Waals surface area contributed by atoms with E-state index in [0.29, 0.717) is 23.6 Å². The Hall–Kier alpha value is -4.54. The van der Waals surface area contributed by atoms with Crippen LogP contribution >= 0.6 is 0 Å². The lowest BCUT2D eigenvalue weighted by atomic mass is 9.78. The largest absolute Gasteiger partial charge is 0.355 e. The molecular formula is C36H42FN7O3. The molecule has 0 unspecified atom stereocenters. The smallest absolute Gasteiger partial charge is 0.270 e. The van der Waals surface area contributed by atoms with Crippen molar-refractivity contribution >= 4 is 28.8 Å². The second kappa shape index (κ2) is 11.6. The van der Waals surface area contributed by atoms with Crippen LogP contribution in [0.3, 0.4) is 0 Å². The van der Waals surface area contributed by atoms with Crippen molar-refractivity contribution in [3.63, 3.8) is 0 Å². The molecule has 0 saturated heterocycles. The van der Waals surface area contributed by atoms with E-state index in [4.69, 9.17) is 4.98 Å². The molecule has 2 aromatic carbocycles. The van der Waals surface area contributed by atoms with Gasteiger partial charge in [-0.2, -0.15) is 5.10 Å². The van der Waals surface area contributed by atoms with E-state index in [1.165, 1.54) is 10.7 Å².